The van der Waals surface area contributed by atoms with Gasteiger partial charge in [-0.05, 0) is 42.3 Å². The maximum Gasteiger partial charge on any atom is 0.134 e. The molecule has 1 atom stereocenters. The molecule has 33 heavy (non-hydrogen) atoms. The van der Waals surface area contributed by atoms with Crippen LogP contribution in [-0.2, 0) is 17.8 Å². The van der Waals surface area contributed by atoms with Gasteiger partial charge in [0, 0.05) is 43.6 Å². The first-order valence-corrected chi connectivity index (χ1v) is 11.5. The van der Waals surface area contributed by atoms with Gasteiger partial charge in [-0.2, -0.15) is 0 Å². The lowest BCUT2D eigenvalue weighted by Gasteiger charge is -2.30. The van der Waals surface area contributed by atoms with E-state index >= 15 is 0 Å². The molecule has 0 saturated carbocycles. The van der Waals surface area contributed by atoms with Crippen molar-refractivity contribution in [1.82, 2.24) is 14.5 Å². The molecule has 0 radical (unpaired) electrons. The Balaban J connectivity index is 1.29. The molecular formula is C25H30ClN3O4. The van der Waals surface area contributed by atoms with Gasteiger partial charge < -0.3 is 23.9 Å². The van der Waals surface area contributed by atoms with Gasteiger partial charge in [0.25, 0.3) is 0 Å². The highest BCUT2D eigenvalue weighted by molar-refractivity contribution is 6.30. The van der Waals surface area contributed by atoms with Gasteiger partial charge in [0.15, 0.2) is 0 Å². The molecule has 0 bridgehead atoms. The zero-order valence-corrected chi connectivity index (χ0v) is 19.4. The number of hydrogen-bond donors (Lipinski definition) is 1. The molecule has 176 valence electrons. The minimum Gasteiger partial charge on any atom is -0.494 e. The van der Waals surface area contributed by atoms with E-state index in [1.54, 1.807) is 18.3 Å². The molecular weight excluding hydrogens is 442 g/mol. The summed E-state index contributed by atoms with van der Waals surface area (Å²) < 4.78 is 19.5. The van der Waals surface area contributed by atoms with Gasteiger partial charge in [0.2, 0.25) is 0 Å². The average Bonchev–Trinajstić information content (AvgIpc) is 3.25. The first kappa shape index (κ1) is 23.6. The summed E-state index contributed by atoms with van der Waals surface area (Å²) in [6.07, 6.45) is 6.45. The molecule has 1 fully saturated rings. The number of hydrogen-bond acceptors (Lipinski definition) is 6. The number of imidazole rings is 1. The lowest BCUT2D eigenvalue weighted by molar-refractivity contribution is -0.0646. The molecule has 1 aliphatic rings. The van der Waals surface area contributed by atoms with Crippen LogP contribution in [-0.4, -0.2) is 64.7 Å². The highest BCUT2D eigenvalue weighted by Gasteiger charge is 2.33. The Morgan fingerprint density at radius 1 is 1.12 bits per heavy atom. The summed E-state index contributed by atoms with van der Waals surface area (Å²) in [5.41, 5.74) is 0.0161. The Morgan fingerprint density at radius 2 is 1.97 bits per heavy atom. The van der Waals surface area contributed by atoms with E-state index in [0.29, 0.717) is 37.1 Å². The average molecular weight is 472 g/mol. The second kappa shape index (κ2) is 11.5. The molecule has 4 rings (SSSR count). The van der Waals surface area contributed by atoms with Crippen molar-refractivity contribution in [3.05, 3.63) is 77.8 Å². The Labute approximate surface area is 199 Å². The lowest BCUT2D eigenvalue weighted by Crippen LogP contribution is -2.48. The number of aryl methyl sites for hydroxylation is 1. The molecule has 8 heteroatoms. The fourth-order valence-electron chi connectivity index (χ4n) is 3.84. The van der Waals surface area contributed by atoms with Crippen LogP contribution in [0.15, 0.2) is 67.3 Å². The Morgan fingerprint density at radius 3 is 2.79 bits per heavy atom. The largest absolute Gasteiger partial charge is 0.494 e. The predicted molar refractivity (Wildman–Crippen MR) is 127 cm³/mol. The van der Waals surface area contributed by atoms with E-state index in [1.807, 2.05) is 41.4 Å². The summed E-state index contributed by atoms with van der Waals surface area (Å²) in [5.74, 6) is 1.48. The second-order valence-corrected chi connectivity index (χ2v) is 8.82. The Bertz CT molecular complexity index is 1000. The molecule has 7 nitrogen and oxygen atoms in total. The Hall–Kier alpha value is -2.58. The minimum absolute atomic E-state index is 0.129. The van der Waals surface area contributed by atoms with Crippen LogP contribution in [0.5, 0.6) is 11.5 Å². The van der Waals surface area contributed by atoms with Crippen molar-refractivity contribution in [2.24, 2.45) is 0 Å². The molecule has 1 aromatic heterocycles. The van der Waals surface area contributed by atoms with Crippen molar-refractivity contribution in [3.8, 4) is 11.5 Å². The summed E-state index contributed by atoms with van der Waals surface area (Å²) in [6, 6.07) is 15.3. The second-order valence-electron chi connectivity index (χ2n) is 8.38. The van der Waals surface area contributed by atoms with E-state index in [2.05, 4.69) is 22.0 Å². The molecule has 1 aliphatic heterocycles. The monoisotopic (exact) mass is 471 g/mol. The van der Waals surface area contributed by atoms with Gasteiger partial charge in [0.1, 0.15) is 23.7 Å². The summed E-state index contributed by atoms with van der Waals surface area (Å²) in [6.45, 7) is 4.30. The molecule has 0 spiro atoms. The third-order valence-electron chi connectivity index (χ3n) is 5.44. The standard InChI is InChI=1S/C25H30ClN3O4/c26-22-5-2-7-24(15-22)33-19-25(30)17-29(11-13-31-18-25)16-21-4-1-6-23(14-21)32-12-3-9-28-10-8-27-20-28/h1-2,4-8,10,14-15,20,30H,3,9,11-13,16-19H2/t25-/m0/s1. The normalized spacial score (nSPS) is 19.2. The van der Waals surface area contributed by atoms with Gasteiger partial charge in [0.05, 0.1) is 26.1 Å². The van der Waals surface area contributed by atoms with E-state index in [9.17, 15) is 5.11 Å². The number of aromatic nitrogens is 2. The lowest BCUT2D eigenvalue weighted by atomic mass is 10.1. The number of β-amino-alcohol motifs (C(OH)–C–C–N with tert-alkyl or cyclic N) is 1. The molecule has 2 heterocycles. The van der Waals surface area contributed by atoms with Gasteiger partial charge in [-0.15, -0.1) is 0 Å². The maximum atomic E-state index is 11.2. The van der Waals surface area contributed by atoms with E-state index in [4.69, 9.17) is 25.8 Å². The number of rotatable bonds is 10. The molecule has 0 unspecified atom stereocenters. The third-order valence-corrected chi connectivity index (χ3v) is 5.67. The molecule has 3 aromatic rings. The number of nitrogens with zero attached hydrogens (tertiary/aromatic N) is 3. The van der Waals surface area contributed by atoms with Gasteiger partial charge in [-0.3, -0.25) is 4.90 Å². The highest BCUT2D eigenvalue weighted by Crippen LogP contribution is 2.22. The van der Waals surface area contributed by atoms with Crippen molar-refractivity contribution in [3.63, 3.8) is 0 Å². The van der Waals surface area contributed by atoms with E-state index in [0.717, 1.165) is 30.8 Å². The van der Waals surface area contributed by atoms with Crippen molar-refractivity contribution in [2.45, 2.75) is 25.1 Å². The number of aliphatic hydroxyl groups is 1. The van der Waals surface area contributed by atoms with Crippen LogP contribution in [0.2, 0.25) is 5.02 Å². The van der Waals surface area contributed by atoms with Crippen LogP contribution >= 0.6 is 11.6 Å². The number of halogens is 1. The van der Waals surface area contributed by atoms with Crippen LogP contribution in [0.4, 0.5) is 0 Å². The molecule has 1 N–H and O–H groups in total. The van der Waals surface area contributed by atoms with Crippen molar-refractivity contribution < 1.29 is 19.3 Å². The zero-order chi connectivity index (χ0) is 22.9. The molecule has 1 saturated heterocycles. The summed E-state index contributed by atoms with van der Waals surface area (Å²) in [7, 11) is 0. The molecule has 2 aromatic carbocycles. The fraction of sp³-hybridized carbons (Fsp3) is 0.400. The summed E-state index contributed by atoms with van der Waals surface area (Å²) in [4.78, 5) is 6.24. The fourth-order valence-corrected chi connectivity index (χ4v) is 4.02. The number of benzene rings is 2. The smallest absolute Gasteiger partial charge is 0.134 e. The maximum absolute atomic E-state index is 11.2. The van der Waals surface area contributed by atoms with Crippen LogP contribution in [0.3, 0.4) is 0 Å². The zero-order valence-electron chi connectivity index (χ0n) is 18.6. The van der Waals surface area contributed by atoms with E-state index in [-0.39, 0.29) is 13.2 Å². The Kier molecular flexibility index (Phi) is 8.23. The van der Waals surface area contributed by atoms with E-state index in [1.165, 1.54) is 0 Å². The van der Waals surface area contributed by atoms with Gasteiger partial charge in [-0.25, -0.2) is 4.98 Å². The SMILES string of the molecule is O[C@]1(COc2cccc(Cl)c2)COCCN(Cc2cccc(OCCCn3ccnc3)c2)C1. The number of ether oxygens (including phenoxy) is 3. The van der Waals surface area contributed by atoms with Crippen LogP contribution in [0, 0.1) is 0 Å². The first-order valence-electron chi connectivity index (χ1n) is 11.2. The van der Waals surface area contributed by atoms with Gasteiger partial charge in [-0.1, -0.05) is 29.8 Å². The third kappa shape index (κ3) is 7.47. The van der Waals surface area contributed by atoms with Crippen molar-refractivity contribution >= 4 is 11.6 Å². The van der Waals surface area contributed by atoms with Crippen LogP contribution in [0.1, 0.15) is 12.0 Å². The van der Waals surface area contributed by atoms with Gasteiger partial charge >= 0.3 is 0 Å². The quantitative estimate of drug-likeness (QED) is 0.455. The van der Waals surface area contributed by atoms with Crippen LogP contribution in [0.25, 0.3) is 0 Å². The predicted octanol–water partition coefficient (Wildman–Crippen LogP) is 3.65. The molecule has 0 amide bonds. The summed E-state index contributed by atoms with van der Waals surface area (Å²) >= 11 is 6.03. The topological polar surface area (TPSA) is 69.0 Å². The van der Waals surface area contributed by atoms with Crippen LogP contribution < -0.4 is 9.47 Å². The minimum atomic E-state index is -1.11. The molecule has 0 aliphatic carbocycles. The van der Waals surface area contributed by atoms with E-state index < -0.39 is 5.60 Å². The summed E-state index contributed by atoms with van der Waals surface area (Å²) in [5, 5.41) is 11.7. The van der Waals surface area contributed by atoms with Crippen molar-refractivity contribution in [2.75, 3.05) is 39.5 Å². The highest BCUT2D eigenvalue weighted by atomic mass is 35.5. The van der Waals surface area contributed by atoms with Crippen molar-refractivity contribution in [1.29, 1.82) is 0 Å². The first-order chi connectivity index (χ1) is 16.1.